The van der Waals surface area contributed by atoms with E-state index in [-0.39, 0.29) is 6.08 Å². The third-order valence-corrected chi connectivity index (χ3v) is 2.61. The molecule has 1 aromatic heterocycles. The quantitative estimate of drug-likeness (QED) is 0.818. The molecule has 0 saturated heterocycles. The van der Waals surface area contributed by atoms with Crippen molar-refractivity contribution in [2.24, 2.45) is 0 Å². The second kappa shape index (κ2) is 4.56. The topological polar surface area (TPSA) is 60.5 Å². The number of benzene rings is 1. The summed E-state index contributed by atoms with van der Waals surface area (Å²) in [4.78, 5) is 13.6. The van der Waals surface area contributed by atoms with Gasteiger partial charge in [-0.05, 0) is 30.7 Å². The summed E-state index contributed by atoms with van der Waals surface area (Å²) < 4.78 is 10.8. The zero-order valence-electron chi connectivity index (χ0n) is 10.8. The van der Waals surface area contributed by atoms with Crippen LogP contribution >= 0.6 is 0 Å². The monoisotopic (exact) mass is 249 g/mol. The van der Waals surface area contributed by atoms with Gasteiger partial charge in [-0.2, -0.15) is 4.68 Å². The Morgan fingerprint density at radius 2 is 2.11 bits per heavy atom. The molecule has 2 aromatic rings. The lowest BCUT2D eigenvalue weighted by molar-refractivity contribution is 0.282. The second-order valence-electron chi connectivity index (χ2n) is 4.12. The summed E-state index contributed by atoms with van der Waals surface area (Å²) in [6.07, 6.45) is -0.0469. The van der Waals surface area contributed by atoms with Crippen LogP contribution in [-0.2, 0) is 0 Å². The minimum atomic E-state index is -0.566. The van der Waals surface area contributed by atoms with Crippen molar-refractivity contribution in [3.63, 3.8) is 0 Å². The van der Waals surface area contributed by atoms with E-state index >= 15 is 0 Å². The maximum atomic E-state index is 11.6. The van der Waals surface area contributed by atoms with Crippen LogP contribution in [0.5, 0.6) is 6.08 Å². The van der Waals surface area contributed by atoms with Gasteiger partial charge in [-0.15, -0.1) is 0 Å². The SMILES string of the molecule is COc1nn(-c2ccc(N(C)C)c(C)c2)c(=O)o1. The van der Waals surface area contributed by atoms with Crippen molar-refractivity contribution in [2.45, 2.75) is 6.92 Å². The molecular formula is C12H15N3O3. The van der Waals surface area contributed by atoms with Gasteiger partial charge < -0.3 is 14.1 Å². The molecule has 0 spiro atoms. The summed E-state index contributed by atoms with van der Waals surface area (Å²) in [5.74, 6) is -0.566. The van der Waals surface area contributed by atoms with E-state index in [1.807, 2.05) is 44.1 Å². The molecule has 0 atom stereocenters. The summed E-state index contributed by atoms with van der Waals surface area (Å²) in [5, 5.41) is 3.92. The van der Waals surface area contributed by atoms with Gasteiger partial charge in [-0.25, -0.2) is 4.79 Å². The Balaban J connectivity index is 2.48. The molecule has 0 fully saturated rings. The lowest BCUT2D eigenvalue weighted by Gasteiger charge is -2.15. The summed E-state index contributed by atoms with van der Waals surface area (Å²) in [5.41, 5.74) is 2.78. The summed E-state index contributed by atoms with van der Waals surface area (Å²) in [7, 11) is 5.33. The van der Waals surface area contributed by atoms with E-state index in [2.05, 4.69) is 5.10 Å². The van der Waals surface area contributed by atoms with Crippen LogP contribution in [0, 0.1) is 6.92 Å². The molecule has 0 aliphatic heterocycles. The number of hydrogen-bond acceptors (Lipinski definition) is 5. The van der Waals surface area contributed by atoms with Crippen LogP contribution in [0.4, 0.5) is 5.69 Å². The molecule has 1 heterocycles. The number of hydrogen-bond donors (Lipinski definition) is 0. The lowest BCUT2D eigenvalue weighted by Crippen LogP contribution is -2.15. The highest BCUT2D eigenvalue weighted by Crippen LogP contribution is 2.20. The Morgan fingerprint density at radius 3 is 2.61 bits per heavy atom. The predicted molar refractivity (Wildman–Crippen MR) is 67.7 cm³/mol. The van der Waals surface area contributed by atoms with E-state index < -0.39 is 5.76 Å². The van der Waals surface area contributed by atoms with E-state index in [1.54, 1.807) is 0 Å². The molecule has 6 heteroatoms. The Bertz CT molecular complexity index is 613. The van der Waals surface area contributed by atoms with E-state index in [9.17, 15) is 4.79 Å². The van der Waals surface area contributed by atoms with Gasteiger partial charge in [0.05, 0.1) is 12.8 Å². The first-order chi connectivity index (χ1) is 8.52. The first-order valence-electron chi connectivity index (χ1n) is 5.45. The summed E-state index contributed by atoms with van der Waals surface area (Å²) >= 11 is 0. The fourth-order valence-electron chi connectivity index (χ4n) is 1.78. The molecule has 96 valence electrons. The third kappa shape index (κ3) is 2.09. The molecule has 0 bridgehead atoms. The van der Waals surface area contributed by atoms with Crippen LogP contribution < -0.4 is 15.4 Å². The highest BCUT2D eigenvalue weighted by atomic mass is 16.6. The van der Waals surface area contributed by atoms with Crippen LogP contribution in [0.3, 0.4) is 0 Å². The van der Waals surface area contributed by atoms with Crippen molar-refractivity contribution in [2.75, 3.05) is 26.1 Å². The predicted octanol–water partition coefficient (Wildman–Crippen LogP) is 1.21. The number of ether oxygens (including phenoxy) is 1. The van der Waals surface area contributed by atoms with Crippen molar-refractivity contribution in [1.29, 1.82) is 0 Å². The molecule has 0 amide bonds. The maximum absolute atomic E-state index is 11.6. The van der Waals surface area contributed by atoms with Crippen molar-refractivity contribution in [3.05, 3.63) is 34.3 Å². The van der Waals surface area contributed by atoms with Crippen molar-refractivity contribution in [1.82, 2.24) is 9.78 Å². The lowest BCUT2D eigenvalue weighted by atomic mass is 10.1. The second-order valence-corrected chi connectivity index (χ2v) is 4.12. The van der Waals surface area contributed by atoms with Gasteiger partial charge in [-0.3, -0.25) is 0 Å². The highest BCUT2D eigenvalue weighted by Gasteiger charge is 2.11. The number of aryl methyl sites for hydroxylation is 1. The third-order valence-electron chi connectivity index (χ3n) is 2.61. The number of methoxy groups -OCH3 is 1. The van der Waals surface area contributed by atoms with E-state index in [0.29, 0.717) is 5.69 Å². The van der Waals surface area contributed by atoms with Gasteiger partial charge >= 0.3 is 11.8 Å². The summed E-state index contributed by atoms with van der Waals surface area (Å²) in [6.45, 7) is 1.97. The minimum Gasteiger partial charge on any atom is -0.452 e. The molecule has 0 saturated carbocycles. The van der Waals surface area contributed by atoms with E-state index in [1.165, 1.54) is 11.8 Å². The Hall–Kier alpha value is -2.24. The normalized spacial score (nSPS) is 10.4. The molecule has 0 aliphatic rings. The molecule has 1 aromatic carbocycles. The van der Waals surface area contributed by atoms with Crippen LogP contribution in [-0.4, -0.2) is 31.0 Å². The molecular weight excluding hydrogens is 234 g/mol. The van der Waals surface area contributed by atoms with Gasteiger partial charge in [0.25, 0.3) is 0 Å². The molecule has 6 nitrogen and oxygen atoms in total. The van der Waals surface area contributed by atoms with Crippen molar-refractivity contribution >= 4 is 5.69 Å². The standard InChI is InChI=1S/C12H15N3O3/c1-8-7-9(5-6-10(8)14(2)3)15-12(16)18-11(13-15)17-4/h5-7H,1-4H3. The van der Waals surface area contributed by atoms with Crippen LogP contribution in [0.25, 0.3) is 5.69 Å². The first kappa shape index (κ1) is 12.2. The zero-order chi connectivity index (χ0) is 13.3. The molecule has 2 rings (SSSR count). The van der Waals surface area contributed by atoms with Crippen LogP contribution in [0.15, 0.2) is 27.4 Å². The van der Waals surface area contributed by atoms with E-state index in [4.69, 9.17) is 9.15 Å². The van der Waals surface area contributed by atoms with Crippen molar-refractivity contribution in [3.8, 4) is 11.8 Å². The number of aromatic nitrogens is 2. The average molecular weight is 249 g/mol. The fourth-order valence-corrected chi connectivity index (χ4v) is 1.78. The smallest absolute Gasteiger partial charge is 0.444 e. The zero-order valence-corrected chi connectivity index (χ0v) is 10.8. The van der Waals surface area contributed by atoms with Gasteiger partial charge in [-0.1, -0.05) is 5.10 Å². The molecule has 18 heavy (non-hydrogen) atoms. The number of anilines is 1. The van der Waals surface area contributed by atoms with Gasteiger partial charge in [0.2, 0.25) is 0 Å². The van der Waals surface area contributed by atoms with Gasteiger partial charge in [0, 0.05) is 19.8 Å². The first-order valence-corrected chi connectivity index (χ1v) is 5.45. The molecule has 0 unspecified atom stereocenters. The number of nitrogens with zero attached hydrogens (tertiary/aromatic N) is 3. The summed E-state index contributed by atoms with van der Waals surface area (Å²) in [6, 6.07) is 5.61. The van der Waals surface area contributed by atoms with Gasteiger partial charge in [0.1, 0.15) is 0 Å². The van der Waals surface area contributed by atoms with E-state index in [0.717, 1.165) is 11.3 Å². The van der Waals surface area contributed by atoms with Crippen LogP contribution in [0.2, 0.25) is 0 Å². The fraction of sp³-hybridized carbons (Fsp3) is 0.333. The Labute approximate surface area is 104 Å². The molecule has 0 radical (unpaired) electrons. The maximum Gasteiger partial charge on any atom is 0.444 e. The largest absolute Gasteiger partial charge is 0.452 e. The van der Waals surface area contributed by atoms with Crippen LogP contribution in [0.1, 0.15) is 5.56 Å². The molecule has 0 aliphatic carbocycles. The average Bonchev–Trinajstić information content (AvgIpc) is 2.70. The Kier molecular flexibility index (Phi) is 3.10. The number of rotatable bonds is 3. The van der Waals surface area contributed by atoms with Crippen molar-refractivity contribution < 1.29 is 9.15 Å². The Morgan fingerprint density at radius 1 is 1.39 bits per heavy atom. The molecule has 0 N–H and O–H groups in total. The minimum absolute atomic E-state index is 0.0469. The van der Waals surface area contributed by atoms with Gasteiger partial charge in [0.15, 0.2) is 0 Å². The highest BCUT2D eigenvalue weighted by molar-refractivity contribution is 5.56.